The van der Waals surface area contributed by atoms with Crippen LogP contribution in [0.1, 0.15) is 72.5 Å². The summed E-state index contributed by atoms with van der Waals surface area (Å²) in [5, 5.41) is 2.91. The van der Waals surface area contributed by atoms with Crippen molar-refractivity contribution in [2.24, 2.45) is 5.73 Å². The first-order chi connectivity index (χ1) is 17.0. The number of nitrogens with two attached hydrogens (primary N) is 2. The van der Waals surface area contributed by atoms with Gasteiger partial charge < -0.3 is 25.9 Å². The first-order valence-electron chi connectivity index (χ1n) is 11.5. The van der Waals surface area contributed by atoms with E-state index in [-0.39, 0.29) is 22.0 Å². The number of nitrogen functional groups attached to an aromatic ring is 1. The van der Waals surface area contributed by atoms with E-state index in [0.717, 1.165) is 24.4 Å². The molecular weight excluding hydrogens is 482 g/mol. The number of aromatic nitrogens is 1. The molecule has 2 heterocycles. The van der Waals surface area contributed by atoms with Gasteiger partial charge >= 0.3 is 0 Å². The van der Waals surface area contributed by atoms with Crippen LogP contribution in [0.5, 0.6) is 5.75 Å². The Labute approximate surface area is 213 Å². The third-order valence-corrected chi connectivity index (χ3v) is 5.92. The van der Waals surface area contributed by atoms with Crippen LogP contribution in [0, 0.1) is 0 Å². The largest absolute Gasteiger partial charge is 0.494 e. The standard InChI is InChI=1S/C25H31N5O5S/c1-5-6-13-34-16-11-9-15(10-12-16)30(24(33)21-18(26)19(22(27)31)29-36-21)20(17-8-7-14-35-17)23(32)28-25(2,3)4/h7-12,14,20H,5-6,13,26H2,1-4H3,(H2,27,31)(H,28,32)/t20-/m0/s1. The van der Waals surface area contributed by atoms with E-state index in [1.165, 1.54) is 11.2 Å². The van der Waals surface area contributed by atoms with Gasteiger partial charge in [0.05, 0.1) is 18.6 Å². The molecule has 3 amide bonds. The van der Waals surface area contributed by atoms with Gasteiger partial charge in [-0.15, -0.1) is 0 Å². The molecule has 5 N–H and O–H groups in total. The number of hydrogen-bond donors (Lipinski definition) is 3. The average Bonchev–Trinajstić information content (AvgIpc) is 3.46. The molecule has 3 aromatic rings. The lowest BCUT2D eigenvalue weighted by Gasteiger charge is -2.32. The molecule has 0 saturated heterocycles. The van der Waals surface area contributed by atoms with Gasteiger partial charge in [0.25, 0.3) is 17.7 Å². The Morgan fingerprint density at radius 2 is 1.89 bits per heavy atom. The van der Waals surface area contributed by atoms with E-state index in [1.54, 1.807) is 36.4 Å². The summed E-state index contributed by atoms with van der Waals surface area (Å²) < 4.78 is 15.3. The predicted molar refractivity (Wildman–Crippen MR) is 138 cm³/mol. The molecule has 192 valence electrons. The summed E-state index contributed by atoms with van der Waals surface area (Å²) in [6.07, 6.45) is 3.33. The number of carbonyl (C=O) groups is 3. The Hall–Kier alpha value is -3.86. The summed E-state index contributed by atoms with van der Waals surface area (Å²) in [5.74, 6) is -1.08. The Kier molecular flexibility index (Phi) is 8.36. The molecule has 0 unspecified atom stereocenters. The smallest absolute Gasteiger partial charge is 0.273 e. The zero-order chi connectivity index (χ0) is 26.5. The fourth-order valence-electron chi connectivity index (χ4n) is 3.42. The number of unbranched alkanes of at least 4 members (excludes halogenated alkanes) is 1. The molecule has 0 saturated carbocycles. The highest BCUT2D eigenvalue weighted by atomic mass is 32.1. The number of nitrogens with zero attached hydrogens (tertiary/aromatic N) is 2. The highest BCUT2D eigenvalue weighted by Crippen LogP contribution is 2.34. The minimum atomic E-state index is -1.18. The molecule has 0 aliphatic heterocycles. The second-order valence-corrected chi connectivity index (χ2v) is 9.94. The fourth-order valence-corrected chi connectivity index (χ4v) is 4.16. The molecular formula is C25H31N5O5S. The second-order valence-electron chi connectivity index (χ2n) is 9.17. The maximum Gasteiger partial charge on any atom is 0.273 e. The Bertz CT molecular complexity index is 1200. The zero-order valence-electron chi connectivity index (χ0n) is 20.7. The van der Waals surface area contributed by atoms with Gasteiger partial charge in [0.15, 0.2) is 11.7 Å². The Morgan fingerprint density at radius 3 is 2.42 bits per heavy atom. The molecule has 3 rings (SSSR count). The number of primary amides is 1. The van der Waals surface area contributed by atoms with Gasteiger partial charge in [0.1, 0.15) is 16.4 Å². The minimum absolute atomic E-state index is 0.0211. The number of hydrogen-bond acceptors (Lipinski definition) is 8. The summed E-state index contributed by atoms with van der Waals surface area (Å²) in [5.41, 5.74) is 10.9. The summed E-state index contributed by atoms with van der Waals surface area (Å²) in [7, 11) is 0. The van der Waals surface area contributed by atoms with Crippen molar-refractivity contribution in [1.82, 2.24) is 9.69 Å². The zero-order valence-corrected chi connectivity index (χ0v) is 21.6. The highest BCUT2D eigenvalue weighted by molar-refractivity contribution is 7.09. The quantitative estimate of drug-likeness (QED) is 0.347. The van der Waals surface area contributed by atoms with E-state index in [4.69, 9.17) is 20.6 Å². The summed E-state index contributed by atoms with van der Waals surface area (Å²) in [4.78, 5) is 40.4. The minimum Gasteiger partial charge on any atom is -0.494 e. The van der Waals surface area contributed by atoms with Gasteiger partial charge in [-0.3, -0.25) is 19.3 Å². The number of rotatable bonds is 10. The van der Waals surface area contributed by atoms with Gasteiger partial charge in [-0.1, -0.05) is 13.3 Å². The number of anilines is 2. The van der Waals surface area contributed by atoms with Gasteiger partial charge in [0.2, 0.25) is 0 Å². The van der Waals surface area contributed by atoms with E-state index in [1.807, 2.05) is 20.8 Å². The molecule has 11 heteroatoms. The molecule has 0 radical (unpaired) electrons. The van der Waals surface area contributed by atoms with Crippen LogP contribution in [0.15, 0.2) is 47.1 Å². The fraction of sp³-hybridized carbons (Fsp3) is 0.360. The third kappa shape index (κ3) is 6.22. The molecule has 1 atom stereocenters. The van der Waals surface area contributed by atoms with Crippen LogP contribution in [0.4, 0.5) is 11.4 Å². The molecule has 2 aromatic heterocycles. The van der Waals surface area contributed by atoms with Gasteiger partial charge in [-0.2, -0.15) is 4.37 Å². The summed E-state index contributed by atoms with van der Waals surface area (Å²) in [6, 6.07) is 8.84. The molecule has 0 fully saturated rings. The van der Waals surface area contributed by atoms with Crippen LogP contribution < -0.4 is 26.4 Å². The highest BCUT2D eigenvalue weighted by Gasteiger charge is 2.38. The monoisotopic (exact) mass is 513 g/mol. The summed E-state index contributed by atoms with van der Waals surface area (Å²) in [6.45, 7) is 8.13. The lowest BCUT2D eigenvalue weighted by Crippen LogP contribution is -2.49. The maximum atomic E-state index is 13.9. The van der Waals surface area contributed by atoms with Crippen molar-refractivity contribution in [3.05, 3.63) is 59.0 Å². The molecule has 0 spiro atoms. The van der Waals surface area contributed by atoms with E-state index in [0.29, 0.717) is 18.0 Å². The van der Waals surface area contributed by atoms with Gasteiger partial charge in [-0.05, 0) is 75.1 Å². The number of nitrogens with one attached hydrogen (secondary N) is 1. The number of ether oxygens (including phenoxy) is 1. The van der Waals surface area contributed by atoms with Crippen molar-refractivity contribution in [3.63, 3.8) is 0 Å². The molecule has 10 nitrogen and oxygen atoms in total. The van der Waals surface area contributed by atoms with Crippen LogP contribution in [0.2, 0.25) is 0 Å². The number of amides is 3. The van der Waals surface area contributed by atoms with Crippen molar-refractivity contribution < 1.29 is 23.5 Å². The third-order valence-electron chi connectivity index (χ3n) is 5.07. The van der Waals surface area contributed by atoms with Crippen molar-refractivity contribution >= 4 is 40.6 Å². The average molecular weight is 514 g/mol. The molecule has 0 bridgehead atoms. The molecule has 0 aliphatic rings. The maximum absolute atomic E-state index is 13.9. The van der Waals surface area contributed by atoms with Gasteiger partial charge in [0, 0.05) is 11.2 Å². The van der Waals surface area contributed by atoms with E-state index >= 15 is 0 Å². The Morgan fingerprint density at radius 1 is 1.19 bits per heavy atom. The predicted octanol–water partition coefficient (Wildman–Crippen LogP) is 3.90. The van der Waals surface area contributed by atoms with E-state index in [9.17, 15) is 14.4 Å². The lowest BCUT2D eigenvalue weighted by atomic mass is 10.1. The molecule has 1 aromatic carbocycles. The lowest BCUT2D eigenvalue weighted by molar-refractivity contribution is -0.124. The number of furan rings is 1. The molecule has 36 heavy (non-hydrogen) atoms. The first-order valence-corrected chi connectivity index (χ1v) is 12.3. The van der Waals surface area contributed by atoms with Crippen molar-refractivity contribution in [1.29, 1.82) is 0 Å². The molecule has 0 aliphatic carbocycles. The Balaban J connectivity index is 2.11. The van der Waals surface area contributed by atoms with Crippen molar-refractivity contribution in [2.45, 2.75) is 52.1 Å². The SMILES string of the molecule is CCCCOc1ccc(N(C(=O)c2snc(C(N)=O)c2N)[C@H](C(=O)NC(C)(C)C)c2ccco2)cc1. The van der Waals surface area contributed by atoms with E-state index in [2.05, 4.69) is 16.6 Å². The topological polar surface area (TPSA) is 154 Å². The number of benzene rings is 1. The van der Waals surface area contributed by atoms with Gasteiger partial charge in [-0.25, -0.2) is 0 Å². The van der Waals surface area contributed by atoms with Crippen LogP contribution in [-0.4, -0.2) is 34.2 Å². The van der Waals surface area contributed by atoms with Crippen LogP contribution in [0.3, 0.4) is 0 Å². The van der Waals surface area contributed by atoms with Crippen molar-refractivity contribution in [2.75, 3.05) is 17.2 Å². The normalized spacial score (nSPS) is 12.1. The number of carbonyl (C=O) groups excluding carboxylic acids is 3. The summed E-state index contributed by atoms with van der Waals surface area (Å²) >= 11 is 0.738. The second kappa shape index (κ2) is 11.3. The van der Waals surface area contributed by atoms with Crippen LogP contribution in [-0.2, 0) is 4.79 Å². The van der Waals surface area contributed by atoms with Crippen LogP contribution >= 0.6 is 11.5 Å². The van der Waals surface area contributed by atoms with Crippen molar-refractivity contribution in [3.8, 4) is 5.75 Å². The first kappa shape index (κ1) is 26.7. The van der Waals surface area contributed by atoms with E-state index < -0.39 is 29.3 Å². The van der Waals surface area contributed by atoms with Crippen LogP contribution in [0.25, 0.3) is 0 Å².